The number of alkyl halides is 3. The number of rotatable bonds is 4. The summed E-state index contributed by atoms with van der Waals surface area (Å²) >= 11 is 0. The third-order valence-electron chi connectivity index (χ3n) is 4.30. The first-order valence-electron chi connectivity index (χ1n) is 8.12. The first kappa shape index (κ1) is 18.7. The van der Waals surface area contributed by atoms with Crippen molar-refractivity contribution in [3.8, 4) is 0 Å². The quantitative estimate of drug-likeness (QED) is 0.852. The van der Waals surface area contributed by atoms with Gasteiger partial charge in [0, 0.05) is 12.6 Å². The Balaban J connectivity index is 1.82. The Bertz CT molecular complexity index is 853. The first-order valence-corrected chi connectivity index (χ1v) is 9.61. The van der Waals surface area contributed by atoms with Crippen molar-refractivity contribution in [2.45, 2.75) is 35.4 Å². The van der Waals surface area contributed by atoms with Crippen LogP contribution in [0.25, 0.3) is 0 Å². The molecule has 2 aromatic carbocycles. The molecule has 140 valence electrons. The summed E-state index contributed by atoms with van der Waals surface area (Å²) in [7, 11) is -5.42. The van der Waals surface area contributed by atoms with Gasteiger partial charge in [0.1, 0.15) is 0 Å². The van der Waals surface area contributed by atoms with E-state index in [1.165, 1.54) is 18.2 Å². The maximum absolute atomic E-state index is 12.9. The van der Waals surface area contributed by atoms with Crippen LogP contribution < -0.4 is 5.32 Å². The Morgan fingerprint density at radius 1 is 1.00 bits per heavy atom. The van der Waals surface area contributed by atoms with Gasteiger partial charge in [-0.2, -0.15) is 13.2 Å². The highest BCUT2D eigenvalue weighted by molar-refractivity contribution is 7.92. The lowest BCUT2D eigenvalue weighted by molar-refractivity contribution is -0.0435. The molecule has 2 aromatic rings. The van der Waals surface area contributed by atoms with Crippen LogP contribution in [0.2, 0.25) is 0 Å². The van der Waals surface area contributed by atoms with Gasteiger partial charge in [-0.1, -0.05) is 42.5 Å². The van der Waals surface area contributed by atoms with E-state index in [2.05, 4.69) is 5.32 Å². The fourth-order valence-electron chi connectivity index (χ4n) is 2.99. The first-order chi connectivity index (χ1) is 12.3. The fraction of sp³-hybridized carbons (Fsp3) is 0.333. The Hall–Kier alpha value is -2.06. The number of para-hydroxylation sites is 1. The largest absolute Gasteiger partial charge is 0.501 e. The van der Waals surface area contributed by atoms with Gasteiger partial charge >= 0.3 is 5.51 Å². The van der Waals surface area contributed by atoms with Gasteiger partial charge in [0.15, 0.2) is 0 Å². The molecule has 8 heteroatoms. The van der Waals surface area contributed by atoms with Crippen molar-refractivity contribution in [1.29, 1.82) is 0 Å². The zero-order chi connectivity index (χ0) is 18.8. The van der Waals surface area contributed by atoms with Crippen LogP contribution in [-0.2, 0) is 14.6 Å². The molecule has 0 radical (unpaired) electrons. The number of hydrogen-bond donors (Lipinski definition) is 1. The molecule has 26 heavy (non-hydrogen) atoms. The molecule has 2 unspecified atom stereocenters. The van der Waals surface area contributed by atoms with Gasteiger partial charge in [0.25, 0.3) is 9.84 Å². The molecule has 0 aromatic heterocycles. The summed E-state index contributed by atoms with van der Waals surface area (Å²) in [6.45, 7) is 0.436. The molecule has 0 spiro atoms. The Morgan fingerprint density at radius 3 is 2.35 bits per heavy atom. The van der Waals surface area contributed by atoms with Crippen LogP contribution in [0.15, 0.2) is 59.5 Å². The van der Waals surface area contributed by atoms with Crippen LogP contribution in [0.4, 0.5) is 18.9 Å². The van der Waals surface area contributed by atoms with E-state index >= 15 is 0 Å². The zero-order valence-electron chi connectivity index (χ0n) is 13.7. The third-order valence-corrected chi connectivity index (χ3v) is 5.84. The number of halogens is 3. The molecule has 3 rings (SSSR count). The van der Waals surface area contributed by atoms with Crippen molar-refractivity contribution in [2.75, 3.05) is 11.9 Å². The molecule has 0 amide bonds. The average Bonchev–Trinajstić information content (AvgIpc) is 2.62. The van der Waals surface area contributed by atoms with E-state index in [1.807, 2.05) is 30.3 Å². The summed E-state index contributed by atoms with van der Waals surface area (Å²) in [6, 6.07) is 14.4. The van der Waals surface area contributed by atoms with Gasteiger partial charge in [0.05, 0.1) is 16.7 Å². The van der Waals surface area contributed by atoms with E-state index in [1.54, 1.807) is 0 Å². The van der Waals surface area contributed by atoms with Gasteiger partial charge in [-0.05, 0) is 30.5 Å². The van der Waals surface area contributed by atoms with Crippen LogP contribution in [0.5, 0.6) is 0 Å². The molecule has 0 saturated carbocycles. The number of hydrogen-bond acceptors (Lipinski definition) is 4. The lowest BCUT2D eigenvalue weighted by Crippen LogP contribution is -2.31. The molecule has 1 heterocycles. The van der Waals surface area contributed by atoms with E-state index in [9.17, 15) is 21.6 Å². The predicted molar refractivity (Wildman–Crippen MR) is 91.5 cm³/mol. The molecule has 1 aliphatic heterocycles. The summed E-state index contributed by atoms with van der Waals surface area (Å²) in [5.41, 5.74) is -4.40. The minimum Gasteiger partial charge on any atom is -0.381 e. The molecular weight excluding hydrogens is 367 g/mol. The summed E-state index contributed by atoms with van der Waals surface area (Å²) in [5.74, 6) is 0. The Morgan fingerprint density at radius 2 is 1.65 bits per heavy atom. The monoisotopic (exact) mass is 385 g/mol. The van der Waals surface area contributed by atoms with Crippen LogP contribution >= 0.6 is 0 Å². The number of benzene rings is 2. The second-order valence-electron chi connectivity index (χ2n) is 6.08. The lowest BCUT2D eigenvalue weighted by Gasteiger charge is -2.31. The van der Waals surface area contributed by atoms with Crippen molar-refractivity contribution in [1.82, 2.24) is 0 Å². The van der Waals surface area contributed by atoms with Crippen molar-refractivity contribution in [2.24, 2.45) is 0 Å². The van der Waals surface area contributed by atoms with Gasteiger partial charge in [0.2, 0.25) is 0 Å². The van der Waals surface area contributed by atoms with Gasteiger partial charge < -0.3 is 10.1 Å². The normalized spacial score (nSPS) is 21.3. The molecule has 4 nitrogen and oxygen atoms in total. The van der Waals surface area contributed by atoms with Gasteiger partial charge in [-0.15, -0.1) is 0 Å². The minimum atomic E-state index is -5.42. The highest BCUT2D eigenvalue weighted by Crippen LogP contribution is 2.36. The molecule has 1 saturated heterocycles. The van der Waals surface area contributed by atoms with Crippen molar-refractivity contribution in [3.05, 3.63) is 60.2 Å². The van der Waals surface area contributed by atoms with E-state index in [0.717, 1.165) is 11.6 Å². The van der Waals surface area contributed by atoms with Gasteiger partial charge in [-0.25, -0.2) is 8.42 Å². The topological polar surface area (TPSA) is 55.4 Å². The Kier molecular flexibility index (Phi) is 5.24. The van der Waals surface area contributed by atoms with E-state index in [-0.39, 0.29) is 17.8 Å². The summed E-state index contributed by atoms with van der Waals surface area (Å²) in [5, 5.41) is 2.97. The highest BCUT2D eigenvalue weighted by Gasteiger charge is 2.48. The molecule has 0 aliphatic carbocycles. The second kappa shape index (κ2) is 7.28. The Labute approximate surface area is 149 Å². The standard InChI is InChI=1S/C18H18F3NO3S/c19-18(20,21)26(23,24)17-9-5-4-8-15(17)22-14-10-11-25-16(12-14)13-6-2-1-3-7-13/h1-9,14,16,22H,10-12H2. The number of ether oxygens (including phenoxy) is 1. The average molecular weight is 385 g/mol. The third kappa shape index (κ3) is 3.86. The molecule has 2 atom stereocenters. The fourth-order valence-corrected chi connectivity index (χ4v) is 3.92. The van der Waals surface area contributed by atoms with Crippen molar-refractivity contribution in [3.63, 3.8) is 0 Å². The molecule has 1 aliphatic rings. The number of nitrogens with one attached hydrogen (secondary N) is 1. The van der Waals surface area contributed by atoms with Crippen LogP contribution in [0.1, 0.15) is 24.5 Å². The van der Waals surface area contributed by atoms with Crippen LogP contribution in [0.3, 0.4) is 0 Å². The van der Waals surface area contributed by atoms with E-state index in [4.69, 9.17) is 4.74 Å². The zero-order valence-corrected chi connectivity index (χ0v) is 14.6. The second-order valence-corrected chi connectivity index (χ2v) is 7.99. The molecular formula is C18H18F3NO3S. The summed E-state index contributed by atoms with van der Waals surface area (Å²) in [4.78, 5) is -0.754. The lowest BCUT2D eigenvalue weighted by atomic mass is 9.97. The maximum Gasteiger partial charge on any atom is 0.501 e. The van der Waals surface area contributed by atoms with E-state index in [0.29, 0.717) is 19.4 Å². The summed E-state index contributed by atoms with van der Waals surface area (Å²) < 4.78 is 68.1. The molecule has 1 N–H and O–H groups in total. The minimum absolute atomic E-state index is 0.0384. The van der Waals surface area contributed by atoms with Crippen molar-refractivity contribution >= 4 is 15.5 Å². The number of sulfone groups is 1. The SMILES string of the molecule is O=S(=O)(c1ccccc1NC1CCOC(c2ccccc2)C1)C(F)(F)F. The van der Waals surface area contributed by atoms with Gasteiger partial charge in [-0.3, -0.25) is 0 Å². The molecule has 1 fully saturated rings. The number of anilines is 1. The smallest absolute Gasteiger partial charge is 0.381 e. The van der Waals surface area contributed by atoms with Crippen LogP contribution in [-0.4, -0.2) is 26.6 Å². The highest BCUT2D eigenvalue weighted by atomic mass is 32.2. The van der Waals surface area contributed by atoms with Crippen molar-refractivity contribution < 1.29 is 26.3 Å². The van der Waals surface area contributed by atoms with Crippen LogP contribution in [0, 0.1) is 0 Å². The molecule has 0 bridgehead atoms. The summed E-state index contributed by atoms with van der Waals surface area (Å²) in [6.07, 6.45) is 0.919. The van der Waals surface area contributed by atoms with E-state index < -0.39 is 20.2 Å². The predicted octanol–water partition coefficient (Wildman–Crippen LogP) is 4.31. The maximum atomic E-state index is 12.9.